The minimum Gasteiger partial charge on any atom is -0.493 e. The van der Waals surface area contributed by atoms with Crippen LogP contribution in [0.3, 0.4) is 0 Å². The summed E-state index contributed by atoms with van der Waals surface area (Å²) in [7, 11) is 4.57. The number of carbonyl (C=O) groups is 1. The summed E-state index contributed by atoms with van der Waals surface area (Å²) in [5, 5.41) is 0.714. The molecule has 25 heavy (non-hydrogen) atoms. The highest BCUT2D eigenvalue weighted by molar-refractivity contribution is 5.91. The number of aromatic nitrogens is 2. The minimum absolute atomic E-state index is 0.0663. The number of carbonyl (C=O) groups excluding carboxylic acids is 1. The molecule has 1 aliphatic heterocycles. The molecule has 1 fully saturated rings. The van der Waals surface area contributed by atoms with E-state index in [0.29, 0.717) is 60.1 Å². The summed E-state index contributed by atoms with van der Waals surface area (Å²) < 4.78 is 15.5. The number of hydrogen-bond donors (Lipinski definition) is 1. The quantitative estimate of drug-likeness (QED) is 0.834. The predicted octanol–water partition coefficient (Wildman–Crippen LogP) is 1.62. The fourth-order valence-electron chi connectivity index (χ4n) is 3.09. The van der Waals surface area contributed by atoms with Crippen LogP contribution in [0.2, 0.25) is 0 Å². The summed E-state index contributed by atoms with van der Waals surface area (Å²) in [6.07, 6.45) is 1.42. The molecular formula is C17H22N4O4. The maximum absolute atomic E-state index is 11.7. The van der Waals surface area contributed by atoms with E-state index in [4.69, 9.17) is 19.9 Å². The highest BCUT2D eigenvalue weighted by atomic mass is 16.5. The number of benzene rings is 1. The minimum atomic E-state index is -0.157. The number of methoxy groups -OCH3 is 3. The molecule has 0 amide bonds. The first-order valence-corrected chi connectivity index (χ1v) is 8.09. The van der Waals surface area contributed by atoms with E-state index in [9.17, 15) is 4.79 Å². The summed E-state index contributed by atoms with van der Waals surface area (Å²) in [6, 6.07) is 3.56. The van der Waals surface area contributed by atoms with Gasteiger partial charge in [-0.2, -0.15) is 4.98 Å². The lowest BCUT2D eigenvalue weighted by Gasteiger charge is -2.30. The van der Waals surface area contributed by atoms with E-state index in [2.05, 4.69) is 9.97 Å². The van der Waals surface area contributed by atoms with E-state index in [-0.39, 0.29) is 11.9 Å². The van der Waals surface area contributed by atoms with Gasteiger partial charge in [-0.1, -0.05) is 0 Å². The Balaban J connectivity index is 1.89. The maximum Gasteiger partial charge on any atom is 0.308 e. The van der Waals surface area contributed by atoms with Gasteiger partial charge in [-0.15, -0.1) is 0 Å². The number of ether oxygens (including phenoxy) is 3. The van der Waals surface area contributed by atoms with Crippen LogP contribution >= 0.6 is 0 Å². The van der Waals surface area contributed by atoms with Crippen molar-refractivity contribution < 1.29 is 19.0 Å². The van der Waals surface area contributed by atoms with Crippen molar-refractivity contribution >= 4 is 28.6 Å². The predicted molar refractivity (Wildman–Crippen MR) is 94.0 cm³/mol. The summed E-state index contributed by atoms with van der Waals surface area (Å²) in [5.41, 5.74) is 6.82. The highest BCUT2D eigenvalue weighted by Crippen LogP contribution is 2.34. The van der Waals surface area contributed by atoms with Crippen molar-refractivity contribution in [3.8, 4) is 11.5 Å². The summed E-state index contributed by atoms with van der Waals surface area (Å²) in [6.45, 7) is 1.36. The largest absolute Gasteiger partial charge is 0.493 e. The van der Waals surface area contributed by atoms with Crippen molar-refractivity contribution in [2.24, 2.45) is 5.92 Å². The van der Waals surface area contributed by atoms with Crippen molar-refractivity contribution in [1.82, 2.24) is 9.97 Å². The molecule has 0 atom stereocenters. The van der Waals surface area contributed by atoms with E-state index in [1.807, 2.05) is 4.90 Å². The monoisotopic (exact) mass is 346 g/mol. The molecule has 0 aliphatic carbocycles. The first kappa shape index (κ1) is 17.1. The van der Waals surface area contributed by atoms with Crippen LogP contribution in [0, 0.1) is 5.92 Å². The lowest BCUT2D eigenvalue weighted by Crippen LogP contribution is -2.37. The fourth-order valence-corrected chi connectivity index (χ4v) is 3.09. The summed E-state index contributed by atoms with van der Waals surface area (Å²) in [5.74, 6) is 1.89. The van der Waals surface area contributed by atoms with Crippen molar-refractivity contribution in [3.05, 3.63) is 12.1 Å². The molecule has 1 aliphatic rings. The normalized spacial score (nSPS) is 15.2. The van der Waals surface area contributed by atoms with E-state index in [1.165, 1.54) is 7.11 Å². The van der Waals surface area contributed by atoms with Crippen LogP contribution < -0.4 is 20.1 Å². The van der Waals surface area contributed by atoms with Crippen LogP contribution in [0.25, 0.3) is 10.9 Å². The number of nitrogens with two attached hydrogens (primary N) is 1. The number of nitrogen functional groups attached to an aromatic ring is 1. The van der Waals surface area contributed by atoms with Gasteiger partial charge in [0.15, 0.2) is 11.5 Å². The molecule has 0 radical (unpaired) electrons. The van der Waals surface area contributed by atoms with Gasteiger partial charge in [-0.3, -0.25) is 4.79 Å². The van der Waals surface area contributed by atoms with Crippen LogP contribution in [0.1, 0.15) is 12.8 Å². The maximum atomic E-state index is 11.7. The second-order valence-corrected chi connectivity index (χ2v) is 5.92. The molecule has 0 unspecified atom stereocenters. The average molecular weight is 346 g/mol. The van der Waals surface area contributed by atoms with Gasteiger partial charge in [0.2, 0.25) is 5.95 Å². The average Bonchev–Trinajstić information content (AvgIpc) is 2.66. The van der Waals surface area contributed by atoms with Crippen LogP contribution in [0.5, 0.6) is 11.5 Å². The molecular weight excluding hydrogens is 324 g/mol. The topological polar surface area (TPSA) is 99.8 Å². The molecule has 2 heterocycles. The van der Waals surface area contributed by atoms with Gasteiger partial charge in [-0.25, -0.2) is 4.98 Å². The van der Waals surface area contributed by atoms with E-state index >= 15 is 0 Å². The lowest BCUT2D eigenvalue weighted by atomic mass is 9.97. The first-order chi connectivity index (χ1) is 12.1. The Morgan fingerprint density at radius 2 is 1.76 bits per heavy atom. The highest BCUT2D eigenvalue weighted by Gasteiger charge is 2.27. The number of fused-ring (bicyclic) bond motifs is 1. The fraction of sp³-hybridized carbons (Fsp3) is 0.471. The number of hydrogen-bond acceptors (Lipinski definition) is 8. The van der Waals surface area contributed by atoms with E-state index < -0.39 is 0 Å². The molecule has 1 saturated heterocycles. The van der Waals surface area contributed by atoms with Crippen molar-refractivity contribution in [3.63, 3.8) is 0 Å². The Morgan fingerprint density at radius 1 is 1.12 bits per heavy atom. The number of anilines is 2. The third kappa shape index (κ3) is 3.24. The van der Waals surface area contributed by atoms with E-state index in [0.717, 1.165) is 0 Å². The molecule has 1 aromatic carbocycles. The Morgan fingerprint density at radius 3 is 2.36 bits per heavy atom. The van der Waals surface area contributed by atoms with E-state index in [1.54, 1.807) is 26.4 Å². The number of esters is 1. The zero-order chi connectivity index (χ0) is 18.0. The molecule has 2 N–H and O–H groups in total. The Hall–Kier alpha value is -2.77. The third-order valence-electron chi connectivity index (χ3n) is 4.53. The number of piperidine rings is 1. The molecule has 0 spiro atoms. The van der Waals surface area contributed by atoms with Gasteiger partial charge >= 0.3 is 5.97 Å². The van der Waals surface area contributed by atoms with Gasteiger partial charge < -0.3 is 24.8 Å². The molecule has 0 bridgehead atoms. The molecule has 0 saturated carbocycles. The summed E-state index contributed by atoms with van der Waals surface area (Å²) in [4.78, 5) is 22.7. The van der Waals surface area contributed by atoms with Gasteiger partial charge in [-0.05, 0) is 18.9 Å². The smallest absolute Gasteiger partial charge is 0.308 e. The Kier molecular flexibility index (Phi) is 4.78. The molecule has 8 heteroatoms. The van der Waals surface area contributed by atoms with Crippen LogP contribution in [0.15, 0.2) is 12.1 Å². The van der Waals surface area contributed by atoms with Crippen molar-refractivity contribution in [2.45, 2.75) is 12.8 Å². The van der Waals surface area contributed by atoms with Gasteiger partial charge in [0.05, 0.1) is 32.8 Å². The zero-order valence-corrected chi connectivity index (χ0v) is 14.6. The molecule has 8 nitrogen and oxygen atoms in total. The van der Waals surface area contributed by atoms with Gasteiger partial charge in [0, 0.05) is 24.5 Å². The molecule has 134 valence electrons. The van der Waals surface area contributed by atoms with Crippen LogP contribution in [0.4, 0.5) is 11.8 Å². The van der Waals surface area contributed by atoms with Crippen LogP contribution in [-0.2, 0) is 9.53 Å². The number of nitrogens with zero attached hydrogens (tertiary/aromatic N) is 3. The van der Waals surface area contributed by atoms with Crippen LogP contribution in [-0.4, -0.2) is 50.4 Å². The van der Waals surface area contributed by atoms with Gasteiger partial charge in [0.25, 0.3) is 0 Å². The van der Waals surface area contributed by atoms with Crippen molar-refractivity contribution in [2.75, 3.05) is 45.1 Å². The first-order valence-electron chi connectivity index (χ1n) is 8.09. The molecule has 3 rings (SSSR count). The lowest BCUT2D eigenvalue weighted by molar-refractivity contribution is -0.146. The van der Waals surface area contributed by atoms with Gasteiger partial charge in [0.1, 0.15) is 5.82 Å². The Labute approximate surface area is 145 Å². The second kappa shape index (κ2) is 7.00. The second-order valence-electron chi connectivity index (χ2n) is 5.92. The number of rotatable bonds is 4. The SMILES string of the molecule is COC(=O)C1CCN(c2nc(N)c3cc(OC)c(OC)cc3n2)CC1. The third-order valence-corrected chi connectivity index (χ3v) is 4.53. The molecule has 1 aromatic heterocycles. The van der Waals surface area contributed by atoms with Crippen molar-refractivity contribution in [1.29, 1.82) is 0 Å². The molecule has 2 aromatic rings. The standard InChI is InChI=1S/C17H22N4O4/c1-23-13-8-11-12(9-14(13)24-2)19-17(20-15(11)18)21-6-4-10(5-7-21)16(22)25-3/h8-10H,4-7H2,1-3H3,(H2,18,19,20). The summed E-state index contributed by atoms with van der Waals surface area (Å²) >= 11 is 0. The zero-order valence-electron chi connectivity index (χ0n) is 14.6. The Bertz CT molecular complexity index is 788.